The Balaban J connectivity index is 1.66. The van der Waals surface area contributed by atoms with Crippen LogP contribution in [0.5, 0.6) is 0 Å². The molecule has 0 saturated carbocycles. The van der Waals surface area contributed by atoms with Gasteiger partial charge in [-0.3, -0.25) is 9.10 Å². The number of aryl methyl sites for hydroxylation is 1. The summed E-state index contributed by atoms with van der Waals surface area (Å²) >= 11 is 0. The minimum Gasteiger partial charge on any atom is -0.371 e. The van der Waals surface area contributed by atoms with Crippen molar-refractivity contribution in [1.82, 2.24) is 5.32 Å². The van der Waals surface area contributed by atoms with Gasteiger partial charge in [0.1, 0.15) is 6.54 Å². The summed E-state index contributed by atoms with van der Waals surface area (Å²) in [5.41, 5.74) is 3.52. The van der Waals surface area contributed by atoms with Gasteiger partial charge in [-0.15, -0.1) is 0 Å². The number of hydrogen-bond donors (Lipinski definition) is 1. The van der Waals surface area contributed by atoms with Crippen LogP contribution >= 0.6 is 0 Å². The second kappa shape index (κ2) is 9.73. The quantitative estimate of drug-likeness (QED) is 0.705. The van der Waals surface area contributed by atoms with E-state index in [2.05, 4.69) is 29.3 Å². The lowest BCUT2D eigenvalue weighted by atomic mass is 9.99. The van der Waals surface area contributed by atoms with Gasteiger partial charge in [0.25, 0.3) is 0 Å². The molecule has 6 nitrogen and oxygen atoms in total. The third kappa shape index (κ3) is 6.00. The van der Waals surface area contributed by atoms with Crippen LogP contribution in [0.1, 0.15) is 43.9 Å². The van der Waals surface area contributed by atoms with Gasteiger partial charge >= 0.3 is 0 Å². The number of benzene rings is 2. The molecule has 0 unspecified atom stereocenters. The Labute approximate surface area is 186 Å². The molecule has 1 aliphatic heterocycles. The van der Waals surface area contributed by atoms with Gasteiger partial charge < -0.3 is 10.2 Å². The number of carbonyl (C=O) groups excluding carboxylic acids is 1. The van der Waals surface area contributed by atoms with Crippen LogP contribution in [0.2, 0.25) is 0 Å². The largest absolute Gasteiger partial charge is 0.371 e. The monoisotopic (exact) mass is 443 g/mol. The number of sulfonamides is 1. The summed E-state index contributed by atoms with van der Waals surface area (Å²) in [6.07, 6.45) is 3.62. The molecule has 1 N–H and O–H groups in total. The third-order valence-electron chi connectivity index (χ3n) is 5.86. The molecule has 1 aliphatic rings. The highest BCUT2D eigenvalue weighted by atomic mass is 32.2. The highest BCUT2D eigenvalue weighted by Gasteiger charge is 2.23. The van der Waals surface area contributed by atoms with E-state index in [1.807, 2.05) is 38.1 Å². The molecule has 1 amide bonds. The zero-order chi connectivity index (χ0) is 22.6. The molecule has 3 rings (SSSR count). The third-order valence-corrected chi connectivity index (χ3v) is 6.99. The molecule has 1 fully saturated rings. The molecule has 7 heteroatoms. The van der Waals surface area contributed by atoms with Crippen molar-refractivity contribution < 1.29 is 13.2 Å². The zero-order valence-electron chi connectivity index (χ0n) is 18.8. The highest BCUT2D eigenvalue weighted by Crippen LogP contribution is 2.25. The lowest BCUT2D eigenvalue weighted by molar-refractivity contribution is -0.120. The van der Waals surface area contributed by atoms with Crippen LogP contribution in [0.15, 0.2) is 48.5 Å². The van der Waals surface area contributed by atoms with E-state index in [4.69, 9.17) is 0 Å². The van der Waals surface area contributed by atoms with E-state index in [-0.39, 0.29) is 18.5 Å². The summed E-state index contributed by atoms with van der Waals surface area (Å²) < 4.78 is 25.8. The van der Waals surface area contributed by atoms with Crippen molar-refractivity contribution >= 4 is 27.3 Å². The summed E-state index contributed by atoms with van der Waals surface area (Å²) in [6, 6.07) is 15.2. The normalized spacial score (nSPS) is 17.8. The Morgan fingerprint density at radius 1 is 1.19 bits per heavy atom. The minimum atomic E-state index is -3.59. The fourth-order valence-electron chi connectivity index (χ4n) is 4.12. The average molecular weight is 444 g/mol. The van der Waals surface area contributed by atoms with Crippen LogP contribution in [-0.4, -0.2) is 40.2 Å². The van der Waals surface area contributed by atoms with E-state index < -0.39 is 10.0 Å². The van der Waals surface area contributed by atoms with Crippen LogP contribution in [0.3, 0.4) is 0 Å². The van der Waals surface area contributed by atoms with Crippen molar-refractivity contribution in [3.63, 3.8) is 0 Å². The number of nitrogens with one attached hydrogen (secondary N) is 1. The van der Waals surface area contributed by atoms with E-state index in [9.17, 15) is 13.2 Å². The van der Waals surface area contributed by atoms with E-state index >= 15 is 0 Å². The molecule has 0 bridgehead atoms. The first kappa shape index (κ1) is 23.1. The predicted molar refractivity (Wildman–Crippen MR) is 127 cm³/mol. The van der Waals surface area contributed by atoms with Crippen molar-refractivity contribution in [1.29, 1.82) is 0 Å². The van der Waals surface area contributed by atoms with Gasteiger partial charge in [0.2, 0.25) is 15.9 Å². The molecule has 0 spiro atoms. The van der Waals surface area contributed by atoms with E-state index in [1.165, 1.54) is 18.5 Å². The second-order valence-corrected chi connectivity index (χ2v) is 10.5. The molecule has 168 valence electrons. The van der Waals surface area contributed by atoms with Crippen LogP contribution in [0.4, 0.5) is 11.4 Å². The minimum absolute atomic E-state index is 0.222. The summed E-state index contributed by atoms with van der Waals surface area (Å²) in [5.74, 6) is 0.368. The number of anilines is 2. The molecule has 2 aromatic carbocycles. The number of rotatable bonds is 7. The second-order valence-electron chi connectivity index (χ2n) is 8.63. The fraction of sp³-hybridized carbons (Fsp3) is 0.458. The first-order chi connectivity index (χ1) is 14.6. The Morgan fingerprint density at radius 3 is 2.48 bits per heavy atom. The molecule has 31 heavy (non-hydrogen) atoms. The first-order valence-electron chi connectivity index (χ1n) is 10.8. The standard InChI is InChI=1S/C24H33N3O3S/c1-18-8-7-15-26(16-18)22-13-11-21(12-14-22)20(3)25-24(28)17-27(31(4,29)30)23-10-6-5-9-19(23)2/h5-6,9-14,18,20H,7-8,15-17H2,1-4H3,(H,25,28)/t18-,20-/m1/s1. The van der Waals surface area contributed by atoms with Gasteiger partial charge in [-0.1, -0.05) is 37.3 Å². The summed E-state index contributed by atoms with van der Waals surface area (Å²) in [4.78, 5) is 15.1. The molecular formula is C24H33N3O3S. The van der Waals surface area contributed by atoms with Gasteiger partial charge in [-0.25, -0.2) is 8.42 Å². The van der Waals surface area contributed by atoms with Crippen molar-refractivity contribution in [3.05, 3.63) is 59.7 Å². The number of nitrogens with zero attached hydrogens (tertiary/aromatic N) is 2. The highest BCUT2D eigenvalue weighted by molar-refractivity contribution is 7.92. The van der Waals surface area contributed by atoms with Crippen molar-refractivity contribution in [2.45, 2.75) is 39.7 Å². The number of para-hydroxylation sites is 1. The molecular weight excluding hydrogens is 410 g/mol. The van der Waals surface area contributed by atoms with E-state index in [0.29, 0.717) is 11.6 Å². The van der Waals surface area contributed by atoms with Crippen molar-refractivity contribution in [2.24, 2.45) is 5.92 Å². The fourth-order valence-corrected chi connectivity index (χ4v) is 5.04. The molecule has 0 radical (unpaired) electrons. The maximum atomic E-state index is 12.7. The van der Waals surface area contributed by atoms with Crippen LogP contribution in [-0.2, 0) is 14.8 Å². The average Bonchev–Trinajstić information content (AvgIpc) is 2.72. The number of hydrogen-bond acceptors (Lipinski definition) is 4. The van der Waals surface area contributed by atoms with E-state index in [1.54, 1.807) is 12.1 Å². The molecule has 2 atom stereocenters. The summed E-state index contributed by atoms with van der Waals surface area (Å²) in [5, 5.41) is 2.94. The molecule has 0 aromatic heterocycles. The molecule has 1 saturated heterocycles. The Kier molecular flexibility index (Phi) is 7.26. The van der Waals surface area contributed by atoms with Gasteiger partial charge in [0.05, 0.1) is 18.0 Å². The Morgan fingerprint density at radius 2 is 1.87 bits per heavy atom. The van der Waals surface area contributed by atoms with Crippen LogP contribution in [0.25, 0.3) is 0 Å². The molecule has 1 heterocycles. The van der Waals surface area contributed by atoms with Crippen molar-refractivity contribution in [3.8, 4) is 0 Å². The van der Waals surface area contributed by atoms with Gasteiger partial charge in [0, 0.05) is 18.8 Å². The van der Waals surface area contributed by atoms with Gasteiger partial charge in [0.15, 0.2) is 0 Å². The SMILES string of the molecule is Cc1ccccc1N(CC(=O)N[C@H](C)c1ccc(N2CCC[C@@H](C)C2)cc1)S(C)(=O)=O. The lowest BCUT2D eigenvalue weighted by Gasteiger charge is -2.33. The topological polar surface area (TPSA) is 69.7 Å². The van der Waals surface area contributed by atoms with Crippen LogP contribution < -0.4 is 14.5 Å². The summed E-state index contributed by atoms with van der Waals surface area (Å²) in [6.45, 7) is 7.93. The molecule has 0 aliphatic carbocycles. The van der Waals surface area contributed by atoms with Gasteiger partial charge in [-0.05, 0) is 61.9 Å². The Hall–Kier alpha value is -2.54. The zero-order valence-corrected chi connectivity index (χ0v) is 19.7. The Bertz CT molecular complexity index is 1000. The van der Waals surface area contributed by atoms with Gasteiger partial charge in [-0.2, -0.15) is 0 Å². The first-order valence-corrected chi connectivity index (χ1v) is 12.7. The predicted octanol–water partition coefficient (Wildman–Crippen LogP) is 3.87. The maximum Gasteiger partial charge on any atom is 0.241 e. The smallest absolute Gasteiger partial charge is 0.241 e. The number of carbonyl (C=O) groups is 1. The van der Waals surface area contributed by atoms with E-state index in [0.717, 1.165) is 34.8 Å². The lowest BCUT2D eigenvalue weighted by Crippen LogP contribution is -2.41. The number of piperidine rings is 1. The van der Waals surface area contributed by atoms with Crippen LogP contribution in [0, 0.1) is 12.8 Å². The molecule has 2 aromatic rings. The van der Waals surface area contributed by atoms with Crippen molar-refractivity contribution in [2.75, 3.05) is 35.1 Å². The maximum absolute atomic E-state index is 12.7. The number of amides is 1. The summed E-state index contributed by atoms with van der Waals surface area (Å²) in [7, 11) is -3.59.